The minimum atomic E-state index is -0.534. The summed E-state index contributed by atoms with van der Waals surface area (Å²) in [5, 5.41) is 2.79. The topological polar surface area (TPSA) is 75.7 Å². The van der Waals surface area contributed by atoms with Crippen LogP contribution in [0.4, 0.5) is 5.69 Å². The molecular formula is C24H24N2O4. The van der Waals surface area contributed by atoms with Gasteiger partial charge in [-0.15, -0.1) is 0 Å². The van der Waals surface area contributed by atoms with Crippen molar-refractivity contribution in [1.29, 1.82) is 0 Å². The van der Waals surface area contributed by atoms with E-state index in [1.807, 2.05) is 36.9 Å². The van der Waals surface area contributed by atoms with E-state index in [-0.39, 0.29) is 17.6 Å². The zero-order chi connectivity index (χ0) is 21.0. The lowest BCUT2D eigenvalue weighted by Crippen LogP contribution is -2.52. The van der Waals surface area contributed by atoms with Gasteiger partial charge >= 0.3 is 0 Å². The van der Waals surface area contributed by atoms with Crippen molar-refractivity contribution in [2.45, 2.75) is 45.1 Å². The second-order valence-electron chi connectivity index (χ2n) is 8.66. The van der Waals surface area contributed by atoms with Crippen LogP contribution < -0.4 is 10.1 Å². The monoisotopic (exact) mass is 404 g/mol. The fourth-order valence-electron chi connectivity index (χ4n) is 4.72. The number of nitrogens with one attached hydrogen (secondary N) is 1. The van der Waals surface area contributed by atoms with Crippen molar-refractivity contribution in [2.75, 3.05) is 18.4 Å². The van der Waals surface area contributed by atoms with Crippen LogP contribution in [0.15, 0.2) is 30.3 Å². The van der Waals surface area contributed by atoms with Crippen LogP contribution in [0, 0.1) is 13.8 Å². The van der Waals surface area contributed by atoms with Gasteiger partial charge < -0.3 is 15.0 Å². The highest BCUT2D eigenvalue weighted by molar-refractivity contribution is 6.02. The summed E-state index contributed by atoms with van der Waals surface area (Å²) < 4.78 is 6.44. The van der Waals surface area contributed by atoms with E-state index in [1.165, 1.54) is 0 Å². The summed E-state index contributed by atoms with van der Waals surface area (Å²) >= 11 is 0. The van der Waals surface area contributed by atoms with Gasteiger partial charge in [-0.1, -0.05) is 6.07 Å². The average Bonchev–Trinajstić information content (AvgIpc) is 3.10. The molecule has 0 bridgehead atoms. The van der Waals surface area contributed by atoms with Crippen molar-refractivity contribution < 1.29 is 19.1 Å². The Bertz CT molecular complexity index is 1100. The molecule has 6 nitrogen and oxygen atoms in total. The molecule has 30 heavy (non-hydrogen) atoms. The molecule has 2 aromatic rings. The predicted molar refractivity (Wildman–Crippen MR) is 112 cm³/mol. The summed E-state index contributed by atoms with van der Waals surface area (Å²) in [4.78, 5) is 39.2. The predicted octanol–water partition coefficient (Wildman–Crippen LogP) is 3.44. The molecular weight excluding hydrogens is 380 g/mol. The fraction of sp³-hybridized carbons (Fsp3) is 0.375. The molecule has 3 aliphatic rings. The van der Waals surface area contributed by atoms with E-state index in [1.54, 1.807) is 12.1 Å². The molecule has 2 aromatic carbocycles. The molecule has 0 unspecified atom stereocenters. The van der Waals surface area contributed by atoms with Crippen molar-refractivity contribution in [1.82, 2.24) is 4.90 Å². The first-order valence-corrected chi connectivity index (χ1v) is 10.4. The third kappa shape index (κ3) is 2.98. The molecule has 0 saturated carbocycles. The molecule has 0 aromatic heterocycles. The lowest BCUT2D eigenvalue weighted by Gasteiger charge is -2.44. The van der Waals surface area contributed by atoms with Gasteiger partial charge in [-0.3, -0.25) is 14.4 Å². The van der Waals surface area contributed by atoms with Gasteiger partial charge in [-0.25, -0.2) is 0 Å². The normalized spacial score (nSPS) is 19.2. The van der Waals surface area contributed by atoms with E-state index in [0.717, 1.165) is 22.4 Å². The first kappa shape index (κ1) is 18.9. The average molecular weight is 404 g/mol. The molecule has 2 amide bonds. The largest absolute Gasteiger partial charge is 0.486 e. The van der Waals surface area contributed by atoms with E-state index in [0.29, 0.717) is 55.6 Å². The molecule has 0 atom stereocenters. The van der Waals surface area contributed by atoms with Gasteiger partial charge in [0, 0.05) is 37.2 Å². The maximum atomic E-state index is 13.0. The maximum Gasteiger partial charge on any atom is 0.253 e. The highest BCUT2D eigenvalue weighted by Crippen LogP contribution is 2.42. The molecule has 0 radical (unpaired) electrons. The Kier molecular flexibility index (Phi) is 4.20. The zero-order valence-electron chi connectivity index (χ0n) is 17.2. The molecule has 1 fully saturated rings. The van der Waals surface area contributed by atoms with Crippen LogP contribution in [0.3, 0.4) is 0 Å². The van der Waals surface area contributed by atoms with Crippen molar-refractivity contribution in [3.05, 3.63) is 58.1 Å². The minimum absolute atomic E-state index is 0.0402. The van der Waals surface area contributed by atoms with Crippen molar-refractivity contribution in [3.63, 3.8) is 0 Å². The quantitative estimate of drug-likeness (QED) is 0.790. The standard InChI is InChI=1S/C24H24N2O4/c1-14-3-5-18-20(27)13-24(30-22(18)15(14)2)7-9-26(10-8-24)23(29)16-4-6-19-17(11-16)12-21(28)25-19/h3-6,11H,7-10,12-13H2,1-2H3,(H,25,28). The van der Waals surface area contributed by atoms with Crippen molar-refractivity contribution in [3.8, 4) is 5.75 Å². The van der Waals surface area contributed by atoms with Crippen LogP contribution >= 0.6 is 0 Å². The Morgan fingerprint density at radius 3 is 2.63 bits per heavy atom. The van der Waals surface area contributed by atoms with Gasteiger partial charge in [-0.05, 0) is 54.8 Å². The molecule has 154 valence electrons. The van der Waals surface area contributed by atoms with Crippen LogP contribution in [0.25, 0.3) is 0 Å². The summed E-state index contributed by atoms with van der Waals surface area (Å²) in [6.45, 7) is 5.10. The molecule has 1 N–H and O–H groups in total. The number of rotatable bonds is 1. The molecule has 1 spiro atoms. The molecule has 5 rings (SSSR count). The Balaban J connectivity index is 1.32. The van der Waals surface area contributed by atoms with E-state index >= 15 is 0 Å². The number of piperidine rings is 1. The molecule has 3 aliphatic heterocycles. The highest BCUT2D eigenvalue weighted by atomic mass is 16.5. The second-order valence-corrected chi connectivity index (χ2v) is 8.66. The Hall–Kier alpha value is -3.15. The minimum Gasteiger partial charge on any atom is -0.486 e. The summed E-state index contributed by atoms with van der Waals surface area (Å²) in [6, 6.07) is 9.19. The summed E-state index contributed by atoms with van der Waals surface area (Å²) in [6.07, 6.45) is 1.93. The van der Waals surface area contributed by atoms with E-state index in [4.69, 9.17) is 4.74 Å². The number of ketones is 1. The van der Waals surface area contributed by atoms with Crippen LogP contribution in [0.1, 0.15) is 56.7 Å². The first-order chi connectivity index (χ1) is 14.3. The van der Waals surface area contributed by atoms with Crippen molar-refractivity contribution in [2.24, 2.45) is 0 Å². The summed E-state index contributed by atoms with van der Waals surface area (Å²) in [7, 11) is 0. The number of anilines is 1. The summed E-state index contributed by atoms with van der Waals surface area (Å²) in [5.74, 6) is 0.748. The number of benzene rings is 2. The van der Waals surface area contributed by atoms with E-state index in [9.17, 15) is 14.4 Å². The Morgan fingerprint density at radius 1 is 1.10 bits per heavy atom. The lowest BCUT2D eigenvalue weighted by molar-refractivity contribution is -0.115. The van der Waals surface area contributed by atoms with Gasteiger partial charge in [0.1, 0.15) is 11.4 Å². The third-order valence-corrected chi connectivity index (χ3v) is 6.72. The van der Waals surface area contributed by atoms with Crippen LogP contribution in [-0.4, -0.2) is 41.2 Å². The zero-order valence-corrected chi connectivity index (χ0v) is 17.2. The molecule has 1 saturated heterocycles. The maximum absolute atomic E-state index is 13.0. The molecule has 6 heteroatoms. The number of amides is 2. The number of hydrogen-bond acceptors (Lipinski definition) is 4. The highest BCUT2D eigenvalue weighted by Gasteiger charge is 2.44. The number of fused-ring (bicyclic) bond motifs is 2. The van der Waals surface area contributed by atoms with E-state index < -0.39 is 5.60 Å². The smallest absolute Gasteiger partial charge is 0.253 e. The van der Waals surface area contributed by atoms with Gasteiger partial charge in [0.25, 0.3) is 5.91 Å². The number of ether oxygens (including phenoxy) is 1. The van der Waals surface area contributed by atoms with Gasteiger partial charge in [0.05, 0.1) is 18.4 Å². The van der Waals surface area contributed by atoms with Gasteiger partial charge in [-0.2, -0.15) is 0 Å². The van der Waals surface area contributed by atoms with Crippen molar-refractivity contribution >= 4 is 23.3 Å². The summed E-state index contributed by atoms with van der Waals surface area (Å²) in [5.41, 5.74) is 4.50. The number of nitrogens with zero attached hydrogens (tertiary/aromatic N) is 1. The number of carbonyl (C=O) groups excluding carboxylic acids is 3. The van der Waals surface area contributed by atoms with Crippen LogP contribution in [0.2, 0.25) is 0 Å². The van der Waals surface area contributed by atoms with Crippen LogP contribution in [-0.2, 0) is 11.2 Å². The fourth-order valence-corrected chi connectivity index (χ4v) is 4.72. The SMILES string of the molecule is Cc1ccc2c(c1C)OC1(CCN(C(=O)c3ccc4c(c3)CC(=O)N4)CC1)CC2=O. The number of carbonyl (C=O) groups is 3. The lowest BCUT2D eigenvalue weighted by atomic mass is 9.81. The number of aryl methyl sites for hydroxylation is 1. The Morgan fingerprint density at radius 2 is 1.87 bits per heavy atom. The number of Topliss-reactive ketones (excluding diaryl/α,β-unsaturated/α-hetero) is 1. The second kappa shape index (κ2) is 6.69. The third-order valence-electron chi connectivity index (χ3n) is 6.72. The van der Waals surface area contributed by atoms with Gasteiger partial charge in [0.15, 0.2) is 5.78 Å². The van der Waals surface area contributed by atoms with Crippen LogP contribution in [0.5, 0.6) is 5.75 Å². The van der Waals surface area contributed by atoms with Gasteiger partial charge in [0.2, 0.25) is 5.91 Å². The first-order valence-electron chi connectivity index (χ1n) is 10.4. The Labute approximate surface area is 175 Å². The molecule has 0 aliphatic carbocycles. The van der Waals surface area contributed by atoms with E-state index in [2.05, 4.69) is 5.32 Å². The number of hydrogen-bond donors (Lipinski definition) is 1. The molecule has 3 heterocycles. The number of likely N-dealkylation sites (tertiary alicyclic amines) is 1.